The van der Waals surface area contributed by atoms with Gasteiger partial charge in [0.1, 0.15) is 0 Å². The molecule has 0 atom stereocenters. The van der Waals surface area contributed by atoms with Gasteiger partial charge in [-0.3, -0.25) is 0 Å². The first-order valence-electron chi connectivity index (χ1n) is 19.8. The van der Waals surface area contributed by atoms with Gasteiger partial charge in [0.2, 0.25) is 0 Å². The van der Waals surface area contributed by atoms with E-state index >= 15 is 48.3 Å². The van der Waals surface area contributed by atoms with E-state index in [1.807, 2.05) is 0 Å². The number of nitrogens with zero attached hydrogens (tertiary/aromatic N) is 2. The molecule has 5 heterocycles. The number of aromatic nitrogens is 4. The second-order valence-corrected chi connectivity index (χ2v) is 15.2. The van der Waals surface area contributed by atoms with Crippen molar-refractivity contribution in [3.05, 3.63) is 166 Å². The van der Waals surface area contributed by atoms with Crippen LogP contribution in [-0.2, 0) is 24.5 Å². The van der Waals surface area contributed by atoms with Crippen molar-refractivity contribution >= 4 is 46.4 Å². The number of nitrogens with one attached hydrogen (secondary N) is 2. The van der Waals surface area contributed by atoms with E-state index in [1.165, 1.54) is 109 Å². The molecule has 67 heavy (non-hydrogen) atoms. The van der Waals surface area contributed by atoms with E-state index in [2.05, 4.69) is 19.9 Å². The Morgan fingerprint density at radius 2 is 0.522 bits per heavy atom. The number of aromatic amines is 2. The van der Waals surface area contributed by atoms with Crippen molar-refractivity contribution in [2.75, 3.05) is 0 Å². The molecule has 0 aliphatic carbocycles. The quantitative estimate of drug-likeness (QED) is 0.169. The molecule has 2 aliphatic heterocycles. The Morgan fingerprint density at radius 1 is 0.299 bits per heavy atom. The van der Waals surface area contributed by atoms with Crippen molar-refractivity contribution in [1.82, 2.24) is 19.9 Å². The van der Waals surface area contributed by atoms with Crippen molar-refractivity contribution < 1.29 is 61.5 Å². The maximum Gasteiger partial charge on any atom is 0.458 e. The topological polar surface area (TPSA) is 57.4 Å². The van der Waals surface area contributed by atoms with Gasteiger partial charge >= 0.3 is 30.6 Å². The lowest BCUT2D eigenvalue weighted by molar-refractivity contribution is -0.290. The molecule has 0 saturated carbocycles. The first kappa shape index (κ1) is 44.7. The zero-order chi connectivity index (χ0) is 47.8. The number of benzene rings is 4. The van der Waals surface area contributed by atoms with Crippen molar-refractivity contribution in [3.63, 3.8) is 0 Å². The SMILES string of the molecule is FC(F)(F)c1c(C(F)(F)F)c2[nH]c1c(-c1ccccc1)c1nc(c(-c3ccccc3)c3[nH]c(c(-c4ccccc4)c4nc(c2-c2ccccc2)C=C4)c(C(F)(F)C(F)(F)F)c3C(F)(F)F)C=C1. The Hall–Kier alpha value is -7.50. The number of alkyl halides is 14. The molecule has 3 aromatic heterocycles. The molecule has 18 heteroatoms. The molecule has 0 fully saturated rings. The number of halogens is 14. The van der Waals surface area contributed by atoms with Gasteiger partial charge in [-0.05, 0) is 46.6 Å². The highest BCUT2D eigenvalue weighted by Gasteiger charge is 2.63. The Bertz CT molecular complexity index is 3290. The van der Waals surface area contributed by atoms with Gasteiger partial charge in [0, 0.05) is 22.3 Å². The Morgan fingerprint density at radius 3 is 0.746 bits per heavy atom. The summed E-state index contributed by atoms with van der Waals surface area (Å²) in [4.78, 5) is 13.5. The number of fused-ring (bicyclic) bond motifs is 8. The molecule has 0 spiro atoms. The number of hydrogen-bond acceptors (Lipinski definition) is 2. The van der Waals surface area contributed by atoms with Gasteiger partial charge in [0.25, 0.3) is 0 Å². The van der Waals surface area contributed by atoms with Gasteiger partial charge in [-0.2, -0.15) is 61.5 Å². The lowest BCUT2D eigenvalue weighted by Gasteiger charge is -2.22. The van der Waals surface area contributed by atoms with Gasteiger partial charge in [0.05, 0.1) is 67.1 Å². The fourth-order valence-corrected chi connectivity index (χ4v) is 8.44. The summed E-state index contributed by atoms with van der Waals surface area (Å²) < 4.78 is 218. The van der Waals surface area contributed by atoms with Crippen LogP contribution in [0.4, 0.5) is 61.5 Å². The van der Waals surface area contributed by atoms with Gasteiger partial charge < -0.3 is 9.97 Å². The molecule has 4 aromatic carbocycles. The second kappa shape index (κ2) is 15.8. The average Bonchev–Trinajstić information content (AvgIpc) is 4.09. The van der Waals surface area contributed by atoms with E-state index in [9.17, 15) is 13.2 Å². The van der Waals surface area contributed by atoms with E-state index in [0.717, 1.165) is 36.4 Å². The third kappa shape index (κ3) is 7.72. The van der Waals surface area contributed by atoms with Crippen LogP contribution >= 0.6 is 0 Å². The average molecular weight is 937 g/mol. The largest absolute Gasteiger partial charge is 0.458 e. The van der Waals surface area contributed by atoms with Crippen molar-refractivity contribution in [3.8, 4) is 44.5 Å². The number of hydrogen-bond donors (Lipinski definition) is 2. The molecule has 2 N–H and O–H groups in total. The van der Waals surface area contributed by atoms with Crippen molar-refractivity contribution in [2.45, 2.75) is 30.6 Å². The third-order valence-electron chi connectivity index (χ3n) is 11.1. The fraction of sp³-hybridized carbons (Fsp3) is 0.102. The van der Waals surface area contributed by atoms with E-state index in [-0.39, 0.29) is 22.3 Å². The van der Waals surface area contributed by atoms with Crippen LogP contribution in [-0.4, -0.2) is 26.1 Å². The van der Waals surface area contributed by atoms with Crippen LogP contribution in [0.2, 0.25) is 0 Å². The predicted octanol–water partition coefficient (Wildman–Crippen LogP) is 16.0. The number of rotatable bonds is 5. The molecule has 0 radical (unpaired) electrons. The second-order valence-electron chi connectivity index (χ2n) is 15.2. The first-order chi connectivity index (χ1) is 31.6. The van der Waals surface area contributed by atoms with Gasteiger partial charge in [-0.25, -0.2) is 9.97 Å². The van der Waals surface area contributed by atoms with Crippen LogP contribution in [0.5, 0.6) is 0 Å². The van der Waals surface area contributed by atoms with E-state index in [1.54, 1.807) is 0 Å². The summed E-state index contributed by atoms with van der Waals surface area (Å²) in [6, 6.07) is 26.0. The maximum absolute atomic E-state index is 16.4. The minimum atomic E-state index is -6.66. The zero-order valence-corrected chi connectivity index (χ0v) is 33.5. The smallest absolute Gasteiger partial charge is 0.353 e. The molecule has 7 aromatic rings. The van der Waals surface area contributed by atoms with Crippen LogP contribution in [0.15, 0.2) is 121 Å². The molecule has 340 valence electrons. The number of H-pyrrole nitrogens is 2. The molecule has 8 bridgehead atoms. The van der Waals surface area contributed by atoms with Gasteiger partial charge in [-0.15, -0.1) is 0 Å². The monoisotopic (exact) mass is 936 g/mol. The molecule has 9 rings (SSSR count). The predicted molar refractivity (Wildman–Crippen MR) is 226 cm³/mol. The van der Waals surface area contributed by atoms with E-state index < -0.39 is 120 Å². The third-order valence-corrected chi connectivity index (χ3v) is 11.1. The van der Waals surface area contributed by atoms with Crippen molar-refractivity contribution in [1.29, 1.82) is 0 Å². The van der Waals surface area contributed by atoms with Gasteiger partial charge in [0.15, 0.2) is 0 Å². The fourth-order valence-electron chi connectivity index (χ4n) is 8.44. The molecule has 0 saturated heterocycles. The highest BCUT2D eigenvalue weighted by molar-refractivity contribution is 6.03. The van der Waals surface area contributed by atoms with E-state index in [4.69, 9.17) is 0 Å². The van der Waals surface area contributed by atoms with Crippen LogP contribution < -0.4 is 0 Å². The summed E-state index contributed by atoms with van der Waals surface area (Å²) in [5, 5.41) is 0. The first-order valence-corrected chi connectivity index (χ1v) is 19.8. The summed E-state index contributed by atoms with van der Waals surface area (Å²) in [5.74, 6) is -6.27. The van der Waals surface area contributed by atoms with Crippen LogP contribution in [0, 0.1) is 0 Å². The Balaban J connectivity index is 1.70. The van der Waals surface area contributed by atoms with E-state index in [0.29, 0.717) is 0 Å². The molecular weight excluding hydrogens is 911 g/mol. The van der Waals surface area contributed by atoms with Gasteiger partial charge in [-0.1, -0.05) is 121 Å². The normalized spacial score (nSPS) is 13.4. The maximum atomic E-state index is 16.4. The molecule has 0 amide bonds. The molecular formula is C49H26F14N4. The summed E-state index contributed by atoms with van der Waals surface area (Å²) >= 11 is 0. The molecule has 4 nitrogen and oxygen atoms in total. The summed E-state index contributed by atoms with van der Waals surface area (Å²) in [7, 11) is 0. The van der Waals surface area contributed by atoms with Crippen molar-refractivity contribution in [2.24, 2.45) is 0 Å². The van der Waals surface area contributed by atoms with Crippen LogP contribution in [0.25, 0.3) is 90.9 Å². The zero-order valence-electron chi connectivity index (χ0n) is 33.5. The van der Waals surface area contributed by atoms with Crippen LogP contribution in [0.1, 0.15) is 45.0 Å². The standard InChI is InChI=1S/C49H26F14N4/c50-45(51,49(61,62)63)37-38(46(52,53)54)42-34(26-15-7-2-8-16-26)30-23-24-32(65-30)36(28-19-11-4-12-20-28)44-40(48(58,59)60)39(47(55,56)57)43(67-44)35(27-17-9-3-10-18-27)31-22-21-29(64-31)33(41(37)66-42)25-13-5-1-6-14-25/h1-24,66-67H. The molecule has 0 unspecified atom stereocenters. The lowest BCUT2D eigenvalue weighted by atomic mass is 9.95. The summed E-state index contributed by atoms with van der Waals surface area (Å²) in [6.07, 6.45) is -20.3. The minimum Gasteiger partial charge on any atom is -0.353 e. The van der Waals surface area contributed by atoms with Crippen LogP contribution in [0.3, 0.4) is 0 Å². The molecule has 2 aliphatic rings. The Labute approximate surface area is 368 Å². The highest BCUT2D eigenvalue weighted by atomic mass is 19.4. The minimum absolute atomic E-state index is 0.163. The summed E-state index contributed by atoms with van der Waals surface area (Å²) in [5.41, 5.74) is -20.6. The summed E-state index contributed by atoms with van der Waals surface area (Å²) in [6.45, 7) is 0. The lowest BCUT2D eigenvalue weighted by Crippen LogP contribution is -2.35. The highest BCUT2D eigenvalue weighted by Crippen LogP contribution is 2.55. The Kier molecular flexibility index (Phi) is 10.6.